The molecule has 2 nitrogen and oxygen atoms in total. The van der Waals surface area contributed by atoms with Gasteiger partial charge in [-0.05, 0) is 12.5 Å². The lowest BCUT2D eigenvalue weighted by molar-refractivity contribution is 0.00764. The monoisotopic (exact) mass is 218 g/mol. The third-order valence-corrected chi connectivity index (χ3v) is 1.17. The molecule has 0 saturated heterocycles. The van der Waals surface area contributed by atoms with E-state index in [9.17, 15) is 8.78 Å². The topological polar surface area (TPSA) is 25.8 Å². The molecule has 0 aliphatic rings. The predicted molar refractivity (Wildman–Crippen MR) is 59.0 cm³/mol. The van der Waals surface area contributed by atoms with E-state index in [0.29, 0.717) is 0 Å². The molecule has 4 heteroatoms. The van der Waals surface area contributed by atoms with Gasteiger partial charge in [0.15, 0.2) is 5.82 Å². The number of aromatic nitrogens is 2. The number of halogens is 2. The van der Waals surface area contributed by atoms with E-state index < -0.39 is 11.7 Å². The molecule has 0 saturated carbocycles. The van der Waals surface area contributed by atoms with E-state index in [4.69, 9.17) is 0 Å². The summed E-state index contributed by atoms with van der Waals surface area (Å²) in [6.45, 7) is 10.5. The number of hydrogen-bond acceptors (Lipinski definition) is 2. The minimum absolute atomic E-state index is 0.428. The van der Waals surface area contributed by atoms with E-state index in [1.807, 2.05) is 27.7 Å². The summed E-state index contributed by atoms with van der Waals surface area (Å²) >= 11 is 0. The van der Waals surface area contributed by atoms with Crippen molar-refractivity contribution in [1.29, 1.82) is 0 Å². The van der Waals surface area contributed by atoms with E-state index >= 15 is 0 Å². The van der Waals surface area contributed by atoms with E-state index in [2.05, 4.69) is 9.97 Å². The summed E-state index contributed by atoms with van der Waals surface area (Å²) < 4.78 is 24.9. The van der Waals surface area contributed by atoms with Crippen LogP contribution < -0.4 is 0 Å². The summed E-state index contributed by atoms with van der Waals surface area (Å²) in [5.41, 5.74) is 0.776. The average molecular weight is 218 g/mol. The Kier molecular flexibility index (Phi) is 9.02. The van der Waals surface area contributed by atoms with Crippen LogP contribution in [0.3, 0.4) is 0 Å². The lowest BCUT2D eigenvalue weighted by atomic mass is 10.3. The Bertz CT molecular complexity index is 240. The number of aryl methyl sites for hydroxylation is 1. The van der Waals surface area contributed by atoms with Gasteiger partial charge in [-0.3, -0.25) is 0 Å². The Hall–Kier alpha value is -1.06. The van der Waals surface area contributed by atoms with Crippen LogP contribution in [0.1, 0.15) is 46.0 Å². The highest BCUT2D eigenvalue weighted by molar-refractivity contribution is 5.04. The molecule has 1 aromatic heterocycles. The molecule has 0 fully saturated rings. The maximum atomic E-state index is 12.5. The van der Waals surface area contributed by atoms with Crippen molar-refractivity contribution in [3.05, 3.63) is 23.8 Å². The Balaban J connectivity index is 0. The Morgan fingerprint density at radius 2 is 1.33 bits per heavy atom. The number of rotatable bonds is 1. The number of hydrogen-bond donors (Lipinski definition) is 0. The van der Waals surface area contributed by atoms with Crippen molar-refractivity contribution in [3.8, 4) is 0 Å². The zero-order valence-electron chi connectivity index (χ0n) is 10.3. The van der Waals surface area contributed by atoms with Gasteiger partial charge < -0.3 is 0 Å². The standard InChI is InChI=1S/C7H8F2N2.2C2H6/c1-5-3-10-6(11-4-5)7(2,8)9;2*1-2/h3-4H,1-2H3;2*1-2H3. The molecule has 1 heterocycles. The molecule has 0 atom stereocenters. The van der Waals surface area contributed by atoms with Gasteiger partial charge in [0.2, 0.25) is 0 Å². The first-order valence-corrected chi connectivity index (χ1v) is 5.17. The minimum Gasteiger partial charge on any atom is -0.235 e. The van der Waals surface area contributed by atoms with Gasteiger partial charge in [-0.1, -0.05) is 27.7 Å². The summed E-state index contributed by atoms with van der Waals surface area (Å²) in [4.78, 5) is 6.98. The SMILES string of the molecule is CC.CC.Cc1cnc(C(C)(F)F)nc1. The zero-order chi connectivity index (χ0) is 12.5. The third-order valence-electron chi connectivity index (χ3n) is 1.17. The van der Waals surface area contributed by atoms with Gasteiger partial charge in [0.25, 0.3) is 0 Å². The zero-order valence-corrected chi connectivity index (χ0v) is 10.3. The van der Waals surface area contributed by atoms with Crippen LogP contribution in [0.2, 0.25) is 0 Å². The Morgan fingerprint density at radius 1 is 1.00 bits per heavy atom. The first-order valence-electron chi connectivity index (χ1n) is 5.17. The molecule has 0 radical (unpaired) electrons. The van der Waals surface area contributed by atoms with Crippen LogP contribution in [0, 0.1) is 6.92 Å². The second-order valence-corrected chi connectivity index (χ2v) is 2.47. The molecule has 0 aliphatic heterocycles. The molecule has 1 aromatic rings. The largest absolute Gasteiger partial charge is 0.303 e. The highest BCUT2D eigenvalue weighted by Crippen LogP contribution is 2.22. The number of alkyl halides is 2. The molecule has 0 bridgehead atoms. The average Bonchev–Trinajstić information content (AvgIpc) is 2.23. The van der Waals surface area contributed by atoms with Crippen LogP contribution in [-0.2, 0) is 5.92 Å². The van der Waals surface area contributed by atoms with Crippen molar-refractivity contribution in [2.75, 3.05) is 0 Å². The molecule has 0 amide bonds. The maximum Gasteiger partial charge on any atom is 0.303 e. The van der Waals surface area contributed by atoms with E-state index in [0.717, 1.165) is 12.5 Å². The summed E-state index contributed by atoms with van der Waals surface area (Å²) in [5.74, 6) is -3.36. The lowest BCUT2D eigenvalue weighted by Gasteiger charge is -2.06. The maximum absolute atomic E-state index is 12.5. The first-order chi connectivity index (χ1) is 7.00. The molecular formula is C11H20F2N2. The Labute approximate surface area is 90.8 Å². The van der Waals surface area contributed by atoms with Gasteiger partial charge in [-0.2, -0.15) is 8.78 Å². The summed E-state index contributed by atoms with van der Waals surface area (Å²) in [6, 6.07) is 0. The summed E-state index contributed by atoms with van der Waals surface area (Å²) in [6.07, 6.45) is 2.75. The summed E-state index contributed by atoms with van der Waals surface area (Å²) in [7, 11) is 0. The minimum atomic E-state index is -2.94. The second-order valence-electron chi connectivity index (χ2n) is 2.47. The van der Waals surface area contributed by atoms with Crippen molar-refractivity contribution in [2.45, 2.75) is 47.5 Å². The van der Waals surface area contributed by atoms with Crippen LogP contribution in [0.25, 0.3) is 0 Å². The first kappa shape index (κ1) is 16.4. The second kappa shape index (κ2) is 8.26. The molecule has 0 N–H and O–H groups in total. The molecule has 0 unspecified atom stereocenters. The fourth-order valence-electron chi connectivity index (χ4n) is 0.619. The molecule has 15 heavy (non-hydrogen) atoms. The van der Waals surface area contributed by atoms with Crippen molar-refractivity contribution in [2.24, 2.45) is 0 Å². The quantitative estimate of drug-likeness (QED) is 0.713. The molecule has 0 spiro atoms. The predicted octanol–water partition coefficient (Wildman–Crippen LogP) is 3.95. The fraction of sp³-hybridized carbons (Fsp3) is 0.636. The van der Waals surface area contributed by atoms with Crippen LogP contribution in [-0.4, -0.2) is 9.97 Å². The van der Waals surface area contributed by atoms with Crippen molar-refractivity contribution < 1.29 is 8.78 Å². The van der Waals surface area contributed by atoms with Gasteiger partial charge >= 0.3 is 5.92 Å². The van der Waals surface area contributed by atoms with Crippen LogP contribution >= 0.6 is 0 Å². The van der Waals surface area contributed by atoms with Gasteiger partial charge in [0, 0.05) is 19.3 Å². The van der Waals surface area contributed by atoms with Gasteiger partial charge in [-0.15, -0.1) is 0 Å². The van der Waals surface area contributed by atoms with E-state index in [1.165, 1.54) is 12.4 Å². The van der Waals surface area contributed by atoms with Crippen LogP contribution in [0.15, 0.2) is 12.4 Å². The molecule has 88 valence electrons. The highest BCUT2D eigenvalue weighted by atomic mass is 19.3. The highest BCUT2D eigenvalue weighted by Gasteiger charge is 2.27. The number of nitrogens with zero attached hydrogens (tertiary/aromatic N) is 2. The van der Waals surface area contributed by atoms with Gasteiger partial charge in [0.1, 0.15) is 0 Å². The third kappa shape index (κ3) is 6.94. The van der Waals surface area contributed by atoms with Crippen LogP contribution in [0.5, 0.6) is 0 Å². The smallest absolute Gasteiger partial charge is 0.235 e. The fourth-order valence-corrected chi connectivity index (χ4v) is 0.619. The summed E-state index contributed by atoms with van der Waals surface area (Å²) in [5, 5.41) is 0. The van der Waals surface area contributed by atoms with Crippen molar-refractivity contribution >= 4 is 0 Å². The normalized spacial score (nSPS) is 9.33. The Morgan fingerprint density at radius 3 is 1.60 bits per heavy atom. The van der Waals surface area contributed by atoms with Gasteiger partial charge in [-0.25, -0.2) is 9.97 Å². The molecule has 1 rings (SSSR count). The lowest BCUT2D eigenvalue weighted by Crippen LogP contribution is -2.11. The molecule has 0 aliphatic carbocycles. The van der Waals surface area contributed by atoms with Gasteiger partial charge in [0.05, 0.1) is 0 Å². The molecular weight excluding hydrogens is 198 g/mol. The van der Waals surface area contributed by atoms with E-state index in [1.54, 1.807) is 6.92 Å². The molecule has 0 aromatic carbocycles. The van der Waals surface area contributed by atoms with E-state index in [-0.39, 0.29) is 0 Å². The van der Waals surface area contributed by atoms with Crippen molar-refractivity contribution in [1.82, 2.24) is 9.97 Å². The van der Waals surface area contributed by atoms with Crippen molar-refractivity contribution in [3.63, 3.8) is 0 Å². The van der Waals surface area contributed by atoms with Crippen LogP contribution in [0.4, 0.5) is 8.78 Å².